The van der Waals surface area contributed by atoms with E-state index in [9.17, 15) is 14.9 Å². The minimum atomic E-state index is -0.458. The lowest BCUT2D eigenvalue weighted by Gasteiger charge is -2.34. The Balaban J connectivity index is 1.31. The molecule has 1 amide bonds. The highest BCUT2D eigenvalue weighted by atomic mass is 32.2. The third kappa shape index (κ3) is 4.46. The molecule has 0 saturated carbocycles. The van der Waals surface area contributed by atoms with Gasteiger partial charge in [0.25, 0.3) is 11.6 Å². The number of non-ortho nitro benzene ring substituents is 1. The number of rotatable bonds is 4. The van der Waals surface area contributed by atoms with Gasteiger partial charge in [-0.3, -0.25) is 14.9 Å². The highest BCUT2D eigenvalue weighted by Crippen LogP contribution is 2.38. The topological polar surface area (TPSA) is 130 Å². The monoisotopic (exact) mass is 462 g/mol. The molecule has 166 valence electrons. The van der Waals surface area contributed by atoms with Gasteiger partial charge in [0.2, 0.25) is 11.9 Å². The second kappa shape index (κ2) is 8.82. The number of piperazine rings is 1. The van der Waals surface area contributed by atoms with Crippen molar-refractivity contribution in [3.05, 3.63) is 69.5 Å². The van der Waals surface area contributed by atoms with Crippen LogP contribution < -0.4 is 15.1 Å². The lowest BCUT2D eigenvalue weighted by Crippen LogP contribution is -2.47. The van der Waals surface area contributed by atoms with Gasteiger partial charge >= 0.3 is 0 Å². The molecule has 33 heavy (non-hydrogen) atoms. The van der Waals surface area contributed by atoms with Crippen molar-refractivity contribution in [3.8, 4) is 0 Å². The lowest BCUT2D eigenvalue weighted by atomic mass is 10.2. The van der Waals surface area contributed by atoms with Crippen LogP contribution in [0.4, 0.5) is 23.3 Å². The summed E-state index contributed by atoms with van der Waals surface area (Å²) in [5.41, 5.74) is 1.25. The Labute approximate surface area is 192 Å². The van der Waals surface area contributed by atoms with Crippen LogP contribution in [0.25, 0.3) is 6.08 Å². The van der Waals surface area contributed by atoms with Crippen molar-refractivity contribution in [2.75, 3.05) is 41.3 Å². The number of nitro groups is 1. The van der Waals surface area contributed by atoms with E-state index < -0.39 is 4.92 Å². The number of carbonyl (C=O) groups excluding carboxylic acids is 1. The fraction of sp³-hybridized carbons (Fsp3) is 0.190. The van der Waals surface area contributed by atoms with Crippen molar-refractivity contribution in [1.29, 1.82) is 0 Å². The van der Waals surface area contributed by atoms with Gasteiger partial charge in [-0.2, -0.15) is 0 Å². The van der Waals surface area contributed by atoms with E-state index in [4.69, 9.17) is 0 Å². The third-order valence-electron chi connectivity index (χ3n) is 5.22. The average molecular weight is 462 g/mol. The number of amides is 1. The first-order valence-corrected chi connectivity index (χ1v) is 11.0. The van der Waals surface area contributed by atoms with Crippen LogP contribution >= 0.6 is 11.8 Å². The molecular weight excluding hydrogens is 444 g/mol. The van der Waals surface area contributed by atoms with Crippen LogP contribution in [-0.2, 0) is 4.79 Å². The van der Waals surface area contributed by atoms with Crippen LogP contribution in [0.2, 0.25) is 0 Å². The van der Waals surface area contributed by atoms with E-state index in [1.165, 1.54) is 23.9 Å². The van der Waals surface area contributed by atoms with Gasteiger partial charge in [0.15, 0.2) is 0 Å². The molecule has 1 aromatic carbocycles. The number of carbonyl (C=O) groups is 1. The van der Waals surface area contributed by atoms with Crippen molar-refractivity contribution in [2.24, 2.45) is 0 Å². The number of nitrogens with zero attached hydrogens (tertiary/aromatic N) is 7. The molecule has 1 N–H and O–H groups in total. The zero-order valence-electron chi connectivity index (χ0n) is 17.3. The maximum absolute atomic E-state index is 12.5. The molecule has 12 heteroatoms. The number of anilines is 3. The van der Waals surface area contributed by atoms with Crippen LogP contribution in [-0.4, -0.2) is 56.9 Å². The molecule has 0 unspecified atom stereocenters. The molecule has 4 heterocycles. The van der Waals surface area contributed by atoms with E-state index in [1.54, 1.807) is 42.9 Å². The van der Waals surface area contributed by atoms with Crippen molar-refractivity contribution < 1.29 is 9.72 Å². The van der Waals surface area contributed by atoms with Crippen molar-refractivity contribution in [1.82, 2.24) is 19.9 Å². The number of nitrogens with one attached hydrogen (secondary N) is 1. The van der Waals surface area contributed by atoms with E-state index in [-0.39, 0.29) is 11.6 Å². The number of benzene rings is 1. The number of fused-ring (bicyclic) bond motifs is 1. The van der Waals surface area contributed by atoms with E-state index >= 15 is 0 Å². The van der Waals surface area contributed by atoms with E-state index in [2.05, 4.69) is 35.1 Å². The van der Waals surface area contributed by atoms with Crippen LogP contribution in [0, 0.1) is 10.1 Å². The number of hydrogen-bond acceptors (Lipinski definition) is 10. The Kier molecular flexibility index (Phi) is 5.57. The fourth-order valence-corrected chi connectivity index (χ4v) is 4.40. The molecule has 0 radical (unpaired) electrons. The largest absolute Gasteiger partial charge is 0.337 e. The Hall–Kier alpha value is -4.06. The molecule has 1 fully saturated rings. The zero-order valence-corrected chi connectivity index (χ0v) is 18.1. The molecule has 0 bridgehead atoms. The molecule has 0 atom stereocenters. The van der Waals surface area contributed by atoms with E-state index in [1.807, 2.05) is 0 Å². The van der Waals surface area contributed by atoms with Crippen molar-refractivity contribution in [2.45, 2.75) is 5.03 Å². The summed E-state index contributed by atoms with van der Waals surface area (Å²) in [6, 6.07) is 7.82. The standard InChI is InChI=1S/C21H18N8O3S/c30-18-17(12-14-2-4-15(5-3-14)29(31)32)33-19-16(25-18)13-24-21(26-19)28-10-8-27(9-11-28)20-22-6-1-7-23-20/h1-7,12-13H,8-11H2,(H,25,30). The highest BCUT2D eigenvalue weighted by molar-refractivity contribution is 8.04. The summed E-state index contributed by atoms with van der Waals surface area (Å²) < 4.78 is 0. The van der Waals surface area contributed by atoms with Gasteiger partial charge in [-0.1, -0.05) is 11.8 Å². The Morgan fingerprint density at radius 3 is 2.33 bits per heavy atom. The number of thioether (sulfide) groups is 1. The molecule has 2 aliphatic rings. The van der Waals surface area contributed by atoms with Gasteiger partial charge in [-0.25, -0.2) is 19.9 Å². The van der Waals surface area contributed by atoms with Crippen molar-refractivity contribution in [3.63, 3.8) is 0 Å². The summed E-state index contributed by atoms with van der Waals surface area (Å²) >= 11 is 1.25. The SMILES string of the molecule is O=C1Nc2cnc(N3CCN(c4ncccn4)CC3)nc2SC1=Cc1ccc([N+](=O)[O-])cc1. The predicted molar refractivity (Wildman–Crippen MR) is 124 cm³/mol. The summed E-state index contributed by atoms with van der Waals surface area (Å²) in [6.07, 6.45) is 6.77. The molecule has 2 aromatic heterocycles. The number of aromatic nitrogens is 4. The summed E-state index contributed by atoms with van der Waals surface area (Å²) in [6.45, 7) is 2.94. The molecule has 0 spiro atoms. The van der Waals surface area contributed by atoms with Gasteiger partial charge in [0.1, 0.15) is 5.03 Å². The molecular formula is C21H18N8O3S. The number of nitro benzene ring substituents is 1. The third-order valence-corrected chi connectivity index (χ3v) is 6.25. The molecule has 0 aliphatic carbocycles. The van der Waals surface area contributed by atoms with Crippen LogP contribution in [0.3, 0.4) is 0 Å². The minimum Gasteiger partial charge on any atom is -0.337 e. The van der Waals surface area contributed by atoms with Gasteiger partial charge in [0, 0.05) is 50.7 Å². The first-order chi connectivity index (χ1) is 16.1. The smallest absolute Gasteiger partial charge is 0.269 e. The first-order valence-electron chi connectivity index (χ1n) is 10.2. The normalized spacial score (nSPS) is 17.0. The molecule has 5 rings (SSSR count). The summed E-state index contributed by atoms with van der Waals surface area (Å²) in [4.78, 5) is 45.3. The summed E-state index contributed by atoms with van der Waals surface area (Å²) in [5, 5.41) is 14.3. The van der Waals surface area contributed by atoms with Crippen LogP contribution in [0.5, 0.6) is 0 Å². The van der Waals surface area contributed by atoms with Gasteiger partial charge in [0.05, 0.1) is 21.7 Å². The zero-order chi connectivity index (χ0) is 22.8. The molecule has 1 saturated heterocycles. The highest BCUT2D eigenvalue weighted by Gasteiger charge is 2.26. The van der Waals surface area contributed by atoms with Crippen LogP contribution in [0.1, 0.15) is 5.56 Å². The van der Waals surface area contributed by atoms with Gasteiger partial charge < -0.3 is 15.1 Å². The predicted octanol–water partition coefficient (Wildman–Crippen LogP) is 2.59. The second-order valence-electron chi connectivity index (χ2n) is 7.33. The summed E-state index contributed by atoms with van der Waals surface area (Å²) in [5.74, 6) is 1.04. The molecule has 2 aliphatic heterocycles. The summed E-state index contributed by atoms with van der Waals surface area (Å²) in [7, 11) is 0. The Morgan fingerprint density at radius 1 is 1.00 bits per heavy atom. The maximum Gasteiger partial charge on any atom is 0.269 e. The Bertz CT molecular complexity index is 1230. The first kappa shape index (κ1) is 20.8. The number of hydrogen-bond donors (Lipinski definition) is 1. The average Bonchev–Trinajstić information content (AvgIpc) is 2.85. The van der Waals surface area contributed by atoms with Crippen LogP contribution in [0.15, 0.2) is 58.9 Å². The van der Waals surface area contributed by atoms with Crippen molar-refractivity contribution >= 4 is 47.0 Å². The van der Waals surface area contributed by atoms with E-state index in [0.29, 0.717) is 33.1 Å². The second-order valence-corrected chi connectivity index (χ2v) is 8.36. The quantitative estimate of drug-likeness (QED) is 0.267. The minimum absolute atomic E-state index is 0.000416. The molecule has 3 aromatic rings. The maximum atomic E-state index is 12.5. The fourth-order valence-electron chi connectivity index (χ4n) is 3.51. The van der Waals surface area contributed by atoms with E-state index in [0.717, 1.165) is 26.2 Å². The Morgan fingerprint density at radius 2 is 1.67 bits per heavy atom. The molecule has 11 nitrogen and oxygen atoms in total. The lowest BCUT2D eigenvalue weighted by molar-refractivity contribution is -0.384. The van der Waals surface area contributed by atoms with Gasteiger partial charge in [-0.05, 0) is 29.8 Å². The van der Waals surface area contributed by atoms with Gasteiger partial charge in [-0.15, -0.1) is 0 Å².